The summed E-state index contributed by atoms with van der Waals surface area (Å²) in [5.74, 6) is 0.668. The van der Waals surface area contributed by atoms with E-state index in [1.54, 1.807) is 0 Å². The Morgan fingerprint density at radius 3 is 2.71 bits per heavy atom. The van der Waals surface area contributed by atoms with Crippen LogP contribution in [-0.2, 0) is 9.53 Å². The van der Waals surface area contributed by atoms with Crippen LogP contribution in [0, 0.1) is 5.92 Å². The lowest BCUT2D eigenvalue weighted by Crippen LogP contribution is -2.40. The summed E-state index contributed by atoms with van der Waals surface area (Å²) in [5, 5.41) is 0. The molecule has 1 saturated heterocycles. The summed E-state index contributed by atoms with van der Waals surface area (Å²) in [6.07, 6.45) is 10.5. The van der Waals surface area contributed by atoms with Gasteiger partial charge in [-0.15, -0.1) is 12.4 Å². The highest BCUT2D eigenvalue weighted by Crippen LogP contribution is 2.28. The molecule has 1 heterocycles. The van der Waals surface area contributed by atoms with E-state index in [2.05, 4.69) is 17.9 Å². The Morgan fingerprint density at radius 2 is 2.00 bits per heavy atom. The fraction of sp³-hybridized carbons (Fsp3) is 0.824. The Morgan fingerprint density at radius 1 is 1.24 bits per heavy atom. The van der Waals surface area contributed by atoms with Crippen molar-refractivity contribution in [1.82, 2.24) is 4.90 Å². The van der Waals surface area contributed by atoms with Crippen LogP contribution in [0.5, 0.6) is 0 Å². The Labute approximate surface area is 135 Å². The first kappa shape index (κ1) is 18.7. The van der Waals surface area contributed by atoms with Gasteiger partial charge in [-0.05, 0) is 31.3 Å². The molecule has 0 aromatic rings. The van der Waals surface area contributed by atoms with Gasteiger partial charge in [0.2, 0.25) is 0 Å². The van der Waals surface area contributed by atoms with E-state index in [1.807, 2.05) is 0 Å². The van der Waals surface area contributed by atoms with Crippen LogP contribution in [0.25, 0.3) is 0 Å². The predicted octanol–water partition coefficient (Wildman–Crippen LogP) is 3.62. The number of halogens is 1. The smallest absolute Gasteiger partial charge is 0.162 e. The number of carbonyl (C=O) groups is 1. The number of hydrogen-bond donors (Lipinski definition) is 0. The van der Waals surface area contributed by atoms with Gasteiger partial charge in [0.25, 0.3) is 0 Å². The Balaban J connectivity index is 0.00000220. The molecule has 0 bridgehead atoms. The summed E-state index contributed by atoms with van der Waals surface area (Å²) in [7, 11) is 0. The third kappa shape index (κ3) is 6.09. The number of rotatable bonds is 7. The van der Waals surface area contributed by atoms with Crippen LogP contribution in [0.1, 0.15) is 51.9 Å². The molecule has 4 heteroatoms. The maximum atomic E-state index is 12.4. The first-order valence-electron chi connectivity index (χ1n) is 8.34. The van der Waals surface area contributed by atoms with Crippen LogP contribution in [-0.4, -0.2) is 43.5 Å². The molecule has 0 amide bonds. The summed E-state index contributed by atoms with van der Waals surface area (Å²) in [5.41, 5.74) is 1.11. The highest BCUT2D eigenvalue weighted by atomic mass is 35.5. The summed E-state index contributed by atoms with van der Waals surface area (Å²) in [6.45, 7) is 6.78. The third-order valence-electron chi connectivity index (χ3n) is 4.48. The molecule has 2 fully saturated rings. The van der Waals surface area contributed by atoms with E-state index in [9.17, 15) is 4.79 Å². The summed E-state index contributed by atoms with van der Waals surface area (Å²) < 4.78 is 5.36. The topological polar surface area (TPSA) is 29.5 Å². The van der Waals surface area contributed by atoms with Crippen LogP contribution in [0.2, 0.25) is 0 Å². The quantitative estimate of drug-likeness (QED) is 0.531. The molecule has 2 rings (SSSR count). The monoisotopic (exact) mass is 315 g/mol. The lowest BCUT2D eigenvalue weighted by atomic mass is 10.0. The van der Waals surface area contributed by atoms with Gasteiger partial charge in [0.1, 0.15) is 0 Å². The molecule has 21 heavy (non-hydrogen) atoms. The van der Waals surface area contributed by atoms with Crippen LogP contribution in [0.15, 0.2) is 11.6 Å². The van der Waals surface area contributed by atoms with Crippen molar-refractivity contribution >= 4 is 18.2 Å². The molecule has 0 radical (unpaired) electrons. The second kappa shape index (κ2) is 10.4. The molecule has 2 aliphatic rings. The van der Waals surface area contributed by atoms with Gasteiger partial charge in [-0.1, -0.05) is 32.3 Å². The fourth-order valence-corrected chi connectivity index (χ4v) is 3.17. The largest absolute Gasteiger partial charge is 0.379 e. The number of ketones is 1. The third-order valence-corrected chi connectivity index (χ3v) is 4.48. The van der Waals surface area contributed by atoms with Crippen molar-refractivity contribution in [2.45, 2.75) is 51.9 Å². The summed E-state index contributed by atoms with van der Waals surface area (Å²) in [6, 6.07) is 0. The molecule has 0 aromatic carbocycles. The van der Waals surface area contributed by atoms with Crippen molar-refractivity contribution in [2.24, 2.45) is 5.92 Å². The lowest BCUT2D eigenvalue weighted by molar-refractivity contribution is -0.118. The van der Waals surface area contributed by atoms with Crippen molar-refractivity contribution < 1.29 is 9.53 Å². The zero-order chi connectivity index (χ0) is 14.2. The van der Waals surface area contributed by atoms with Crippen LogP contribution in [0.3, 0.4) is 0 Å². The molecule has 0 N–H and O–H groups in total. The molecule has 0 spiro atoms. The zero-order valence-electron chi connectivity index (χ0n) is 13.3. The second-order valence-electron chi connectivity index (χ2n) is 6.09. The minimum atomic E-state index is 0. The van der Waals surface area contributed by atoms with E-state index < -0.39 is 0 Å². The number of Topliss-reactive ketones (excluding diaryl/α,β-unsaturated/α-hetero) is 1. The molecular formula is C17H30ClNO2. The molecule has 122 valence electrons. The van der Waals surface area contributed by atoms with E-state index in [-0.39, 0.29) is 18.3 Å². The van der Waals surface area contributed by atoms with Gasteiger partial charge in [0.15, 0.2) is 5.78 Å². The minimum absolute atomic E-state index is 0. The normalized spacial score (nSPS) is 25.3. The van der Waals surface area contributed by atoms with E-state index in [4.69, 9.17) is 4.74 Å². The number of allylic oxidation sites excluding steroid dienone is 2. The van der Waals surface area contributed by atoms with Gasteiger partial charge in [0, 0.05) is 25.6 Å². The molecule has 1 atom stereocenters. The molecule has 3 nitrogen and oxygen atoms in total. The van der Waals surface area contributed by atoms with E-state index in [0.717, 1.165) is 57.7 Å². The van der Waals surface area contributed by atoms with E-state index in [1.165, 1.54) is 25.7 Å². The average Bonchev–Trinajstić information content (AvgIpc) is 2.81. The maximum Gasteiger partial charge on any atom is 0.162 e. The average molecular weight is 316 g/mol. The van der Waals surface area contributed by atoms with Crippen molar-refractivity contribution in [3.05, 3.63) is 11.6 Å². The number of nitrogens with zero attached hydrogens (tertiary/aromatic N) is 1. The number of hydrogen-bond acceptors (Lipinski definition) is 3. The number of unbranched alkanes of at least 4 members (excludes halogenated alkanes) is 4. The molecule has 1 unspecified atom stereocenters. The zero-order valence-corrected chi connectivity index (χ0v) is 14.1. The highest BCUT2D eigenvalue weighted by molar-refractivity contribution is 5.99. The first-order valence-corrected chi connectivity index (χ1v) is 8.34. The summed E-state index contributed by atoms with van der Waals surface area (Å²) in [4.78, 5) is 14.8. The van der Waals surface area contributed by atoms with Gasteiger partial charge < -0.3 is 4.74 Å². The molecule has 1 aliphatic carbocycles. The maximum absolute atomic E-state index is 12.4. The second-order valence-corrected chi connectivity index (χ2v) is 6.09. The van der Waals surface area contributed by atoms with Gasteiger partial charge in [-0.25, -0.2) is 0 Å². The van der Waals surface area contributed by atoms with Crippen molar-refractivity contribution in [3.8, 4) is 0 Å². The van der Waals surface area contributed by atoms with Crippen molar-refractivity contribution in [2.75, 3.05) is 32.8 Å². The van der Waals surface area contributed by atoms with Crippen LogP contribution < -0.4 is 0 Å². The SMILES string of the molecule is CCCCCC/C=C1\CCC(CN2CCOCC2)C1=O.Cl. The Hall–Kier alpha value is -0.380. The first-order chi connectivity index (χ1) is 9.81. The van der Waals surface area contributed by atoms with Gasteiger partial charge in [-0.3, -0.25) is 9.69 Å². The van der Waals surface area contributed by atoms with Gasteiger partial charge >= 0.3 is 0 Å². The molecule has 1 saturated carbocycles. The fourth-order valence-electron chi connectivity index (χ4n) is 3.17. The molecular weight excluding hydrogens is 286 g/mol. The van der Waals surface area contributed by atoms with Crippen LogP contribution >= 0.6 is 12.4 Å². The van der Waals surface area contributed by atoms with E-state index in [0.29, 0.717) is 5.78 Å². The molecule has 0 aromatic heterocycles. The lowest BCUT2D eigenvalue weighted by Gasteiger charge is -2.28. The molecule has 1 aliphatic heterocycles. The van der Waals surface area contributed by atoms with Crippen LogP contribution in [0.4, 0.5) is 0 Å². The Bertz CT molecular complexity index is 338. The number of carbonyl (C=O) groups excluding carboxylic acids is 1. The van der Waals surface area contributed by atoms with E-state index >= 15 is 0 Å². The van der Waals surface area contributed by atoms with Gasteiger partial charge in [-0.2, -0.15) is 0 Å². The minimum Gasteiger partial charge on any atom is -0.379 e. The summed E-state index contributed by atoms with van der Waals surface area (Å²) >= 11 is 0. The number of morpholine rings is 1. The Kier molecular flexibility index (Phi) is 9.21. The van der Waals surface area contributed by atoms with Crippen molar-refractivity contribution in [3.63, 3.8) is 0 Å². The van der Waals surface area contributed by atoms with Crippen molar-refractivity contribution in [1.29, 1.82) is 0 Å². The number of ether oxygens (including phenoxy) is 1. The highest BCUT2D eigenvalue weighted by Gasteiger charge is 2.30. The standard InChI is InChI=1S/C17H29NO2.ClH/c1-2-3-4-5-6-7-15-8-9-16(17(15)19)14-18-10-12-20-13-11-18;/h7,16H,2-6,8-14H2,1H3;1H/b15-7+;. The van der Waals surface area contributed by atoms with Gasteiger partial charge in [0.05, 0.1) is 13.2 Å². The predicted molar refractivity (Wildman–Crippen MR) is 89.1 cm³/mol.